The molecule has 0 bridgehead atoms. The van der Waals surface area contributed by atoms with Crippen molar-refractivity contribution >= 4 is 24.0 Å². The first kappa shape index (κ1) is 17.4. The van der Waals surface area contributed by atoms with Gasteiger partial charge in [-0.2, -0.15) is 0 Å². The Morgan fingerprint density at radius 3 is 2.81 bits per heavy atom. The summed E-state index contributed by atoms with van der Waals surface area (Å²) in [6.07, 6.45) is 3.00. The number of benzene rings is 1. The van der Waals surface area contributed by atoms with E-state index in [1.165, 1.54) is 6.07 Å². The van der Waals surface area contributed by atoms with Gasteiger partial charge in [0.15, 0.2) is 0 Å². The molecule has 1 saturated carbocycles. The molecule has 0 aliphatic heterocycles. The van der Waals surface area contributed by atoms with Crippen molar-refractivity contribution in [3.8, 4) is 0 Å². The molecule has 0 aromatic heterocycles. The molecule has 2 rings (SSSR count). The summed E-state index contributed by atoms with van der Waals surface area (Å²) < 4.78 is 0. The summed E-state index contributed by atoms with van der Waals surface area (Å²) in [6.45, 7) is 2.21. The van der Waals surface area contributed by atoms with Gasteiger partial charge in [-0.1, -0.05) is 12.5 Å². The zero-order valence-corrected chi connectivity index (χ0v) is 12.7. The minimum atomic E-state index is -0.468. The molecule has 0 radical (unpaired) electrons. The summed E-state index contributed by atoms with van der Waals surface area (Å²) in [5.74, 6) is 0.0397. The Bertz CT molecular complexity index is 536. The SMILES string of the molecule is Cc1ccc(C(=O)NC2CCCC2CN)cc1[N+](=O)[O-].Cl. The van der Waals surface area contributed by atoms with Crippen LogP contribution in [-0.2, 0) is 0 Å². The van der Waals surface area contributed by atoms with Gasteiger partial charge in [0.1, 0.15) is 0 Å². The fourth-order valence-electron chi connectivity index (χ4n) is 2.71. The molecule has 1 aromatic rings. The minimum Gasteiger partial charge on any atom is -0.349 e. The first-order valence-electron chi connectivity index (χ1n) is 6.79. The van der Waals surface area contributed by atoms with Crippen LogP contribution in [0.1, 0.15) is 35.2 Å². The molecule has 0 saturated heterocycles. The number of nitrogens with one attached hydrogen (secondary N) is 1. The molecule has 116 valence electrons. The Kier molecular flexibility index (Phi) is 6.11. The Morgan fingerprint density at radius 1 is 1.48 bits per heavy atom. The van der Waals surface area contributed by atoms with Gasteiger partial charge >= 0.3 is 0 Å². The molecule has 3 N–H and O–H groups in total. The van der Waals surface area contributed by atoms with Gasteiger partial charge in [0.25, 0.3) is 11.6 Å². The fourth-order valence-corrected chi connectivity index (χ4v) is 2.71. The van der Waals surface area contributed by atoms with Crippen molar-refractivity contribution in [3.05, 3.63) is 39.4 Å². The molecule has 21 heavy (non-hydrogen) atoms. The number of nitro groups is 1. The monoisotopic (exact) mass is 313 g/mol. The maximum atomic E-state index is 12.2. The highest BCUT2D eigenvalue weighted by molar-refractivity contribution is 5.95. The third kappa shape index (κ3) is 3.92. The van der Waals surface area contributed by atoms with Crippen molar-refractivity contribution in [3.63, 3.8) is 0 Å². The third-order valence-corrected chi connectivity index (χ3v) is 3.95. The second-order valence-electron chi connectivity index (χ2n) is 5.27. The van der Waals surface area contributed by atoms with E-state index < -0.39 is 4.92 Å². The van der Waals surface area contributed by atoms with Crippen LogP contribution >= 0.6 is 12.4 Å². The van der Waals surface area contributed by atoms with Crippen LogP contribution in [0.25, 0.3) is 0 Å². The van der Waals surface area contributed by atoms with Gasteiger partial charge in [-0.05, 0) is 38.3 Å². The number of hydrogen-bond donors (Lipinski definition) is 2. The van der Waals surface area contributed by atoms with Gasteiger partial charge in [0.05, 0.1) is 4.92 Å². The van der Waals surface area contributed by atoms with Crippen LogP contribution < -0.4 is 11.1 Å². The van der Waals surface area contributed by atoms with E-state index in [1.54, 1.807) is 19.1 Å². The van der Waals surface area contributed by atoms with E-state index in [1.807, 2.05) is 0 Å². The van der Waals surface area contributed by atoms with Crippen molar-refractivity contribution in [2.75, 3.05) is 6.54 Å². The number of hydrogen-bond acceptors (Lipinski definition) is 4. The van der Waals surface area contributed by atoms with Crippen LogP contribution in [0.15, 0.2) is 18.2 Å². The summed E-state index contributed by atoms with van der Waals surface area (Å²) in [7, 11) is 0. The van der Waals surface area contributed by atoms with E-state index in [9.17, 15) is 14.9 Å². The van der Waals surface area contributed by atoms with Gasteiger partial charge in [0.2, 0.25) is 0 Å². The zero-order chi connectivity index (χ0) is 14.7. The lowest BCUT2D eigenvalue weighted by molar-refractivity contribution is -0.385. The molecule has 7 heteroatoms. The van der Waals surface area contributed by atoms with E-state index in [0.29, 0.717) is 23.6 Å². The lowest BCUT2D eigenvalue weighted by Gasteiger charge is -2.19. The van der Waals surface area contributed by atoms with Crippen molar-refractivity contribution in [1.29, 1.82) is 0 Å². The Morgan fingerprint density at radius 2 is 2.19 bits per heavy atom. The Balaban J connectivity index is 0.00000220. The molecule has 1 aliphatic carbocycles. The molecule has 6 nitrogen and oxygen atoms in total. The molecule has 1 fully saturated rings. The lowest BCUT2D eigenvalue weighted by Crippen LogP contribution is -2.39. The number of aryl methyl sites for hydroxylation is 1. The van der Waals surface area contributed by atoms with Crippen LogP contribution in [0.5, 0.6) is 0 Å². The summed E-state index contributed by atoms with van der Waals surface area (Å²) in [6, 6.07) is 4.62. The molecular formula is C14H20ClN3O3. The smallest absolute Gasteiger partial charge is 0.273 e. The van der Waals surface area contributed by atoms with E-state index in [-0.39, 0.29) is 30.0 Å². The second kappa shape index (κ2) is 7.38. The predicted octanol–water partition coefficient (Wildman–Crippen LogP) is 2.18. The predicted molar refractivity (Wildman–Crippen MR) is 82.7 cm³/mol. The fraction of sp³-hybridized carbons (Fsp3) is 0.500. The second-order valence-corrected chi connectivity index (χ2v) is 5.27. The van der Waals surface area contributed by atoms with Crippen LogP contribution in [0.3, 0.4) is 0 Å². The van der Waals surface area contributed by atoms with Crippen LogP contribution in [0.2, 0.25) is 0 Å². The van der Waals surface area contributed by atoms with Crippen molar-refractivity contribution in [2.45, 2.75) is 32.2 Å². The minimum absolute atomic E-state index is 0. The topological polar surface area (TPSA) is 98.3 Å². The summed E-state index contributed by atoms with van der Waals surface area (Å²) in [4.78, 5) is 22.6. The molecule has 1 aliphatic rings. The maximum absolute atomic E-state index is 12.2. The quantitative estimate of drug-likeness (QED) is 0.657. The number of amides is 1. The van der Waals surface area contributed by atoms with Gasteiger partial charge in [-0.3, -0.25) is 14.9 Å². The highest BCUT2D eigenvalue weighted by atomic mass is 35.5. The van der Waals surface area contributed by atoms with Crippen LogP contribution in [0.4, 0.5) is 5.69 Å². The van der Waals surface area contributed by atoms with E-state index >= 15 is 0 Å². The highest BCUT2D eigenvalue weighted by Gasteiger charge is 2.28. The number of halogens is 1. The van der Waals surface area contributed by atoms with Crippen molar-refractivity contribution in [2.24, 2.45) is 11.7 Å². The first-order chi connectivity index (χ1) is 9.52. The molecule has 0 heterocycles. The molecule has 2 unspecified atom stereocenters. The normalized spacial score (nSPS) is 20.7. The number of nitrogens with two attached hydrogens (primary N) is 1. The first-order valence-corrected chi connectivity index (χ1v) is 6.79. The van der Waals surface area contributed by atoms with Gasteiger partial charge in [-0.25, -0.2) is 0 Å². The van der Waals surface area contributed by atoms with Crippen LogP contribution in [-0.4, -0.2) is 23.4 Å². The van der Waals surface area contributed by atoms with E-state index in [0.717, 1.165) is 19.3 Å². The number of rotatable bonds is 4. The lowest BCUT2D eigenvalue weighted by atomic mass is 10.0. The number of nitro benzene ring substituents is 1. The summed E-state index contributed by atoms with van der Waals surface area (Å²) in [5.41, 5.74) is 6.53. The van der Waals surface area contributed by atoms with E-state index in [4.69, 9.17) is 5.73 Å². The molecule has 2 atom stereocenters. The van der Waals surface area contributed by atoms with Gasteiger partial charge in [-0.15, -0.1) is 12.4 Å². The Labute approximate surface area is 129 Å². The largest absolute Gasteiger partial charge is 0.349 e. The van der Waals surface area contributed by atoms with Gasteiger partial charge in [0, 0.05) is 23.2 Å². The Hall–Kier alpha value is -1.66. The zero-order valence-electron chi connectivity index (χ0n) is 11.9. The molecular weight excluding hydrogens is 294 g/mol. The highest BCUT2D eigenvalue weighted by Crippen LogP contribution is 2.25. The summed E-state index contributed by atoms with van der Waals surface area (Å²) in [5, 5.41) is 13.8. The average Bonchev–Trinajstić information content (AvgIpc) is 2.86. The number of carbonyl (C=O) groups is 1. The molecule has 1 amide bonds. The average molecular weight is 314 g/mol. The number of nitrogens with zero attached hydrogens (tertiary/aromatic N) is 1. The molecule has 0 spiro atoms. The van der Waals surface area contributed by atoms with Gasteiger partial charge < -0.3 is 11.1 Å². The van der Waals surface area contributed by atoms with Crippen molar-refractivity contribution in [1.82, 2.24) is 5.32 Å². The van der Waals surface area contributed by atoms with E-state index in [2.05, 4.69) is 5.32 Å². The summed E-state index contributed by atoms with van der Waals surface area (Å²) >= 11 is 0. The standard InChI is InChI=1S/C14H19N3O3.ClH/c1-9-5-6-10(7-13(9)17(19)20)14(18)16-12-4-2-3-11(12)8-15;/h5-7,11-12H,2-4,8,15H2,1H3,(H,16,18);1H. The van der Waals surface area contributed by atoms with Crippen molar-refractivity contribution < 1.29 is 9.72 Å². The third-order valence-electron chi connectivity index (χ3n) is 3.95. The maximum Gasteiger partial charge on any atom is 0.273 e. The van der Waals surface area contributed by atoms with Crippen LogP contribution in [0, 0.1) is 23.0 Å². The number of carbonyl (C=O) groups excluding carboxylic acids is 1. The molecule has 1 aromatic carbocycles.